The van der Waals surface area contributed by atoms with Gasteiger partial charge in [-0.05, 0) is 106 Å². The number of pyridine rings is 1. The van der Waals surface area contributed by atoms with E-state index in [0.29, 0.717) is 17.8 Å². The van der Waals surface area contributed by atoms with Crippen LogP contribution in [-0.4, -0.2) is 11.2 Å². The van der Waals surface area contributed by atoms with E-state index in [-0.39, 0.29) is 5.41 Å². The first-order chi connectivity index (χ1) is 22.2. The lowest BCUT2D eigenvalue weighted by atomic mass is 9.66. The molecule has 0 amide bonds. The molecule has 4 unspecified atom stereocenters. The number of allylic oxidation sites excluding steroid dienone is 8. The van der Waals surface area contributed by atoms with Crippen molar-refractivity contribution in [2.75, 3.05) is 0 Å². The Labute approximate surface area is 267 Å². The SMILES string of the molecule is CC1(C2=CC=CCC2)C=Cc2c(c(-c3cccc(C4C=CN=CC4)c3)c3ccccc3c2C2C=CCC(c3ccncc3)C2)C1. The molecule has 45 heavy (non-hydrogen) atoms. The van der Waals surface area contributed by atoms with Crippen LogP contribution in [0.5, 0.6) is 0 Å². The molecule has 1 aromatic heterocycles. The third kappa shape index (κ3) is 5.17. The lowest BCUT2D eigenvalue weighted by Crippen LogP contribution is -2.25. The van der Waals surface area contributed by atoms with E-state index < -0.39 is 0 Å². The van der Waals surface area contributed by atoms with Crippen molar-refractivity contribution in [1.29, 1.82) is 0 Å². The summed E-state index contributed by atoms with van der Waals surface area (Å²) < 4.78 is 0. The van der Waals surface area contributed by atoms with Crippen molar-refractivity contribution < 1.29 is 0 Å². The molecule has 0 bridgehead atoms. The molecule has 0 N–H and O–H groups in total. The van der Waals surface area contributed by atoms with Crippen LogP contribution < -0.4 is 0 Å². The van der Waals surface area contributed by atoms with Crippen molar-refractivity contribution in [2.45, 2.75) is 63.2 Å². The summed E-state index contributed by atoms with van der Waals surface area (Å²) in [6.45, 7) is 2.46. The summed E-state index contributed by atoms with van der Waals surface area (Å²) in [4.78, 5) is 8.64. The molecule has 2 nitrogen and oxygen atoms in total. The third-order valence-electron chi connectivity index (χ3n) is 10.7. The van der Waals surface area contributed by atoms with E-state index in [1.54, 1.807) is 5.57 Å². The number of aliphatic imine (C=N–C) groups is 1. The van der Waals surface area contributed by atoms with Crippen LogP contribution in [0.25, 0.3) is 28.0 Å². The Morgan fingerprint density at radius 3 is 2.56 bits per heavy atom. The van der Waals surface area contributed by atoms with Gasteiger partial charge >= 0.3 is 0 Å². The number of aromatic nitrogens is 1. The maximum absolute atomic E-state index is 4.34. The highest BCUT2D eigenvalue weighted by atomic mass is 14.7. The zero-order valence-electron chi connectivity index (χ0n) is 26.1. The predicted octanol–water partition coefficient (Wildman–Crippen LogP) is 11.0. The van der Waals surface area contributed by atoms with Gasteiger partial charge in [-0.1, -0.05) is 110 Å². The Bertz CT molecular complexity index is 1940. The zero-order valence-corrected chi connectivity index (χ0v) is 26.1. The summed E-state index contributed by atoms with van der Waals surface area (Å²) in [5.41, 5.74) is 11.5. The first-order valence-electron chi connectivity index (χ1n) is 16.7. The number of fused-ring (bicyclic) bond motifs is 2. The fraction of sp³-hybridized carbons (Fsp3) is 0.256. The van der Waals surface area contributed by atoms with Gasteiger partial charge in [0.1, 0.15) is 0 Å². The highest BCUT2D eigenvalue weighted by Gasteiger charge is 2.35. The highest BCUT2D eigenvalue weighted by Crippen LogP contribution is 2.51. The maximum atomic E-state index is 4.34. The number of hydrogen-bond acceptors (Lipinski definition) is 2. The van der Waals surface area contributed by atoms with E-state index >= 15 is 0 Å². The van der Waals surface area contributed by atoms with Gasteiger partial charge in [0.05, 0.1) is 0 Å². The molecule has 0 radical (unpaired) electrons. The first kappa shape index (κ1) is 28.0. The molecular weight excluding hydrogens is 544 g/mol. The van der Waals surface area contributed by atoms with Crippen LogP contribution in [0.15, 0.2) is 132 Å². The monoisotopic (exact) mass is 584 g/mol. The van der Waals surface area contributed by atoms with Gasteiger partial charge in [0.15, 0.2) is 0 Å². The normalized spacial score (nSPS) is 25.4. The minimum Gasteiger partial charge on any atom is -0.269 e. The average molecular weight is 585 g/mol. The lowest BCUT2D eigenvalue weighted by molar-refractivity contribution is 0.485. The van der Waals surface area contributed by atoms with E-state index in [9.17, 15) is 0 Å². The summed E-state index contributed by atoms with van der Waals surface area (Å²) in [5, 5.41) is 2.76. The van der Waals surface area contributed by atoms with Gasteiger partial charge in [-0.15, -0.1) is 0 Å². The van der Waals surface area contributed by atoms with E-state index in [4.69, 9.17) is 0 Å². The largest absolute Gasteiger partial charge is 0.269 e. The second-order valence-corrected chi connectivity index (χ2v) is 13.4. The summed E-state index contributed by atoms with van der Waals surface area (Å²) in [6, 6.07) is 23.0. The minimum atomic E-state index is -0.00556. The van der Waals surface area contributed by atoms with Gasteiger partial charge in [0, 0.05) is 42.1 Å². The van der Waals surface area contributed by atoms with E-state index in [2.05, 4.69) is 126 Å². The molecule has 1 aliphatic heterocycles. The van der Waals surface area contributed by atoms with Gasteiger partial charge in [-0.3, -0.25) is 9.98 Å². The maximum Gasteiger partial charge on any atom is 0.0270 e. The fourth-order valence-electron chi connectivity index (χ4n) is 8.29. The van der Waals surface area contributed by atoms with Crippen molar-refractivity contribution in [2.24, 2.45) is 10.4 Å². The van der Waals surface area contributed by atoms with Gasteiger partial charge in [0.25, 0.3) is 0 Å². The smallest absolute Gasteiger partial charge is 0.0270 e. The first-order valence-corrected chi connectivity index (χ1v) is 16.7. The molecule has 2 heterocycles. The van der Waals surface area contributed by atoms with Crippen LogP contribution >= 0.6 is 0 Å². The summed E-state index contributed by atoms with van der Waals surface area (Å²) in [7, 11) is 0. The Balaban J connectivity index is 1.33. The Morgan fingerprint density at radius 2 is 1.73 bits per heavy atom. The zero-order chi connectivity index (χ0) is 30.2. The van der Waals surface area contributed by atoms with Crippen molar-refractivity contribution in [3.8, 4) is 11.1 Å². The average Bonchev–Trinajstić information content (AvgIpc) is 3.12. The summed E-state index contributed by atoms with van der Waals surface area (Å²) >= 11 is 0. The second kappa shape index (κ2) is 11.7. The van der Waals surface area contributed by atoms with Crippen LogP contribution in [0, 0.1) is 5.41 Å². The molecule has 0 saturated heterocycles. The van der Waals surface area contributed by atoms with Gasteiger partial charge in [0.2, 0.25) is 0 Å². The molecule has 4 aliphatic rings. The van der Waals surface area contributed by atoms with Crippen LogP contribution in [0.4, 0.5) is 0 Å². The predicted molar refractivity (Wildman–Crippen MR) is 190 cm³/mol. The van der Waals surface area contributed by atoms with E-state index in [1.807, 2.05) is 24.8 Å². The van der Waals surface area contributed by atoms with Gasteiger partial charge in [-0.25, -0.2) is 0 Å². The number of nitrogens with zero attached hydrogens (tertiary/aromatic N) is 2. The fourth-order valence-corrected chi connectivity index (χ4v) is 8.29. The third-order valence-corrected chi connectivity index (χ3v) is 10.7. The van der Waals surface area contributed by atoms with Crippen molar-refractivity contribution in [3.63, 3.8) is 0 Å². The van der Waals surface area contributed by atoms with Gasteiger partial charge in [-0.2, -0.15) is 0 Å². The molecule has 0 fully saturated rings. The van der Waals surface area contributed by atoms with Crippen LogP contribution in [0.1, 0.15) is 84.6 Å². The Hall–Kier alpha value is -4.56. The Kier molecular flexibility index (Phi) is 7.30. The lowest BCUT2D eigenvalue weighted by Gasteiger charge is -2.38. The molecule has 0 spiro atoms. The van der Waals surface area contributed by atoms with Crippen LogP contribution in [0.3, 0.4) is 0 Å². The molecule has 4 atom stereocenters. The molecule has 3 aromatic carbocycles. The molecule has 8 rings (SSSR count). The second-order valence-electron chi connectivity index (χ2n) is 13.4. The topological polar surface area (TPSA) is 25.2 Å². The standard InChI is InChI=1S/C43H40N2/c1-43(36-13-3-2-4-14-36)22-17-39-40(29-43)42(35-12-8-10-33(28-35)31-20-25-45-26-21-31)38-16-6-5-15-37(38)41(39)34-11-7-9-32(27-34)30-18-23-44-24-19-30/h2-3,5-8,10-13,15-20,22-26,28,31-32,34H,4,9,14,21,27,29H2,1H3. The summed E-state index contributed by atoms with van der Waals surface area (Å²) in [6.07, 6.45) is 33.4. The van der Waals surface area contributed by atoms with Crippen LogP contribution in [-0.2, 0) is 6.42 Å². The Morgan fingerprint density at radius 1 is 0.844 bits per heavy atom. The van der Waals surface area contributed by atoms with Crippen LogP contribution in [0.2, 0.25) is 0 Å². The molecule has 222 valence electrons. The quantitative estimate of drug-likeness (QED) is 0.214. The van der Waals surface area contributed by atoms with Gasteiger partial charge < -0.3 is 0 Å². The van der Waals surface area contributed by atoms with Crippen molar-refractivity contribution in [1.82, 2.24) is 4.98 Å². The molecule has 0 saturated carbocycles. The molecule has 4 aromatic rings. The summed E-state index contributed by atoms with van der Waals surface area (Å²) in [5.74, 6) is 1.22. The number of benzene rings is 3. The van der Waals surface area contributed by atoms with Crippen molar-refractivity contribution >= 4 is 23.1 Å². The number of hydrogen-bond donors (Lipinski definition) is 0. The van der Waals surface area contributed by atoms with E-state index in [0.717, 1.165) is 38.5 Å². The number of rotatable bonds is 5. The van der Waals surface area contributed by atoms with Crippen molar-refractivity contribution in [3.05, 3.63) is 155 Å². The molecular formula is C43H40N2. The molecule has 2 heteroatoms. The highest BCUT2D eigenvalue weighted by molar-refractivity contribution is 6.04. The molecule has 3 aliphatic carbocycles. The van der Waals surface area contributed by atoms with E-state index in [1.165, 1.54) is 49.7 Å². The minimum absolute atomic E-state index is 0.00556.